The van der Waals surface area contributed by atoms with E-state index in [2.05, 4.69) is 70.3 Å². The molecule has 2 N–H and O–H groups in total. The highest BCUT2D eigenvalue weighted by atomic mass is 79.9. The molecule has 4 nitrogen and oxygen atoms in total. The zero-order chi connectivity index (χ0) is 15.6. The Morgan fingerprint density at radius 2 is 1.67 bits per heavy atom. The van der Waals surface area contributed by atoms with Crippen LogP contribution in [0.1, 0.15) is 32.2 Å². The van der Waals surface area contributed by atoms with E-state index in [9.17, 15) is 0 Å². The lowest BCUT2D eigenvalue weighted by molar-refractivity contribution is 0.629. The van der Waals surface area contributed by atoms with Gasteiger partial charge in [0.15, 0.2) is 0 Å². The van der Waals surface area contributed by atoms with Crippen molar-refractivity contribution in [2.24, 2.45) is 0 Å². The smallest absolute Gasteiger partial charge is 0.136 e. The predicted octanol–water partition coefficient (Wildman–Crippen LogP) is 4.81. The molecular formula is C16H21BrN4. The first-order valence-electron chi connectivity index (χ1n) is 6.90. The van der Waals surface area contributed by atoms with Gasteiger partial charge in [-0.05, 0) is 58.4 Å². The van der Waals surface area contributed by atoms with Crippen molar-refractivity contribution in [2.75, 3.05) is 10.6 Å². The maximum absolute atomic E-state index is 4.45. The molecule has 1 aromatic carbocycles. The number of benzene rings is 1. The average Bonchev–Trinajstić information content (AvgIpc) is 2.29. The van der Waals surface area contributed by atoms with Crippen LogP contribution >= 0.6 is 15.9 Å². The molecule has 1 heterocycles. The lowest BCUT2D eigenvalue weighted by Gasteiger charge is -2.22. The van der Waals surface area contributed by atoms with Crippen molar-refractivity contribution in [3.63, 3.8) is 0 Å². The molecule has 21 heavy (non-hydrogen) atoms. The minimum atomic E-state index is -0.0361. The van der Waals surface area contributed by atoms with Gasteiger partial charge in [0.1, 0.15) is 17.5 Å². The second kappa shape index (κ2) is 6.02. The molecule has 0 aliphatic carbocycles. The Bertz CT molecular complexity index is 647. The summed E-state index contributed by atoms with van der Waals surface area (Å²) in [5, 5.41) is 6.73. The largest absolute Gasteiger partial charge is 0.365 e. The van der Waals surface area contributed by atoms with Crippen LogP contribution in [0.15, 0.2) is 28.7 Å². The molecule has 2 aromatic rings. The lowest BCUT2D eigenvalue weighted by Crippen LogP contribution is -2.27. The van der Waals surface area contributed by atoms with E-state index < -0.39 is 0 Å². The number of hydrogen-bond donors (Lipinski definition) is 2. The number of hydrogen-bond acceptors (Lipinski definition) is 4. The highest BCUT2D eigenvalue weighted by molar-refractivity contribution is 9.10. The molecule has 0 amide bonds. The summed E-state index contributed by atoms with van der Waals surface area (Å²) in [4.78, 5) is 8.88. The molecular weight excluding hydrogens is 328 g/mol. The maximum Gasteiger partial charge on any atom is 0.136 e. The van der Waals surface area contributed by atoms with Crippen molar-refractivity contribution >= 4 is 33.3 Å². The number of halogens is 1. The number of nitrogens with one attached hydrogen (secondary N) is 2. The quantitative estimate of drug-likeness (QED) is 0.835. The van der Waals surface area contributed by atoms with Crippen molar-refractivity contribution in [1.82, 2.24) is 9.97 Å². The van der Waals surface area contributed by atoms with Gasteiger partial charge in [0.2, 0.25) is 0 Å². The summed E-state index contributed by atoms with van der Waals surface area (Å²) in [7, 11) is 0. The van der Waals surface area contributed by atoms with Crippen molar-refractivity contribution in [1.29, 1.82) is 0 Å². The van der Waals surface area contributed by atoms with Crippen molar-refractivity contribution in [3.05, 3.63) is 40.1 Å². The van der Waals surface area contributed by atoms with Crippen LogP contribution in [0.25, 0.3) is 0 Å². The van der Waals surface area contributed by atoms with Gasteiger partial charge in [-0.25, -0.2) is 9.97 Å². The molecule has 0 aliphatic rings. The Hall–Kier alpha value is -1.62. The lowest BCUT2D eigenvalue weighted by atomic mass is 10.1. The summed E-state index contributed by atoms with van der Waals surface area (Å²) in [5.74, 6) is 2.36. The molecule has 0 aliphatic heterocycles. The van der Waals surface area contributed by atoms with Gasteiger partial charge in [-0.1, -0.05) is 15.9 Å². The number of aryl methyl sites for hydroxylation is 2. The molecule has 0 saturated carbocycles. The summed E-state index contributed by atoms with van der Waals surface area (Å²) in [6, 6.07) is 8.05. The van der Waals surface area contributed by atoms with Gasteiger partial charge in [0, 0.05) is 21.8 Å². The van der Waals surface area contributed by atoms with Crippen LogP contribution in [0.3, 0.4) is 0 Å². The van der Waals surface area contributed by atoms with Gasteiger partial charge in [-0.2, -0.15) is 0 Å². The summed E-state index contributed by atoms with van der Waals surface area (Å²) in [5.41, 5.74) is 2.16. The molecule has 0 radical (unpaired) electrons. The third-order valence-electron chi connectivity index (χ3n) is 2.79. The van der Waals surface area contributed by atoms with E-state index in [0.29, 0.717) is 0 Å². The topological polar surface area (TPSA) is 49.8 Å². The molecule has 1 aromatic heterocycles. The summed E-state index contributed by atoms with van der Waals surface area (Å²) in [6.07, 6.45) is 0. The monoisotopic (exact) mass is 348 g/mol. The fourth-order valence-electron chi connectivity index (χ4n) is 1.99. The Kier molecular flexibility index (Phi) is 4.52. The minimum absolute atomic E-state index is 0.0361. The molecule has 5 heteroatoms. The van der Waals surface area contributed by atoms with Gasteiger partial charge in [0.25, 0.3) is 0 Å². The van der Waals surface area contributed by atoms with Crippen molar-refractivity contribution in [2.45, 2.75) is 40.2 Å². The van der Waals surface area contributed by atoms with Crippen LogP contribution < -0.4 is 10.6 Å². The van der Waals surface area contributed by atoms with Crippen molar-refractivity contribution in [3.8, 4) is 0 Å². The van der Waals surface area contributed by atoms with Crippen LogP contribution in [0.4, 0.5) is 17.3 Å². The standard InChI is InChI=1S/C16H21BrN4/c1-10-8-12(17)6-7-13(10)20-14-9-15(19-11(2)18-14)21-16(3,4)5/h6-9H,1-5H3,(H2,18,19,20,21). The number of nitrogens with zero attached hydrogens (tertiary/aromatic N) is 2. The highest BCUT2D eigenvalue weighted by Crippen LogP contribution is 2.24. The predicted molar refractivity (Wildman–Crippen MR) is 92.3 cm³/mol. The molecule has 112 valence electrons. The summed E-state index contributed by atoms with van der Waals surface area (Å²) >= 11 is 3.47. The van der Waals surface area contributed by atoms with E-state index >= 15 is 0 Å². The Labute approximate surface area is 134 Å². The van der Waals surface area contributed by atoms with Crippen LogP contribution in [0, 0.1) is 13.8 Å². The van der Waals surface area contributed by atoms with E-state index in [1.54, 1.807) is 0 Å². The van der Waals surface area contributed by atoms with Gasteiger partial charge < -0.3 is 10.6 Å². The summed E-state index contributed by atoms with van der Waals surface area (Å²) in [6.45, 7) is 10.3. The van der Waals surface area contributed by atoms with Crippen molar-refractivity contribution < 1.29 is 0 Å². The molecule has 0 bridgehead atoms. The minimum Gasteiger partial charge on any atom is -0.365 e. The third-order valence-corrected chi connectivity index (χ3v) is 3.29. The van der Waals surface area contributed by atoms with Gasteiger partial charge in [-0.15, -0.1) is 0 Å². The fraction of sp³-hybridized carbons (Fsp3) is 0.375. The fourth-order valence-corrected chi connectivity index (χ4v) is 2.46. The van der Waals surface area contributed by atoms with Crippen LogP contribution in [0.2, 0.25) is 0 Å². The van der Waals surface area contributed by atoms with Gasteiger partial charge >= 0.3 is 0 Å². The summed E-state index contributed by atoms with van der Waals surface area (Å²) < 4.78 is 1.07. The van der Waals surface area contributed by atoms with Crippen LogP contribution in [-0.2, 0) is 0 Å². The molecule has 0 saturated heterocycles. The zero-order valence-corrected chi connectivity index (χ0v) is 14.7. The first kappa shape index (κ1) is 15.8. The number of rotatable bonds is 3. The molecule has 0 fully saturated rings. The van der Waals surface area contributed by atoms with E-state index in [1.807, 2.05) is 25.1 Å². The van der Waals surface area contributed by atoms with Gasteiger partial charge in [0.05, 0.1) is 0 Å². The van der Waals surface area contributed by atoms with E-state index in [-0.39, 0.29) is 5.54 Å². The van der Waals surface area contributed by atoms with E-state index in [4.69, 9.17) is 0 Å². The molecule has 0 spiro atoms. The average molecular weight is 349 g/mol. The zero-order valence-electron chi connectivity index (χ0n) is 13.1. The first-order chi connectivity index (χ1) is 9.73. The SMILES string of the molecule is Cc1nc(Nc2ccc(Br)cc2C)cc(NC(C)(C)C)n1. The number of aromatic nitrogens is 2. The molecule has 0 unspecified atom stereocenters. The second-order valence-corrected chi connectivity index (χ2v) is 7.06. The Morgan fingerprint density at radius 1 is 1.00 bits per heavy atom. The Morgan fingerprint density at radius 3 is 2.29 bits per heavy atom. The van der Waals surface area contributed by atoms with Gasteiger partial charge in [-0.3, -0.25) is 0 Å². The maximum atomic E-state index is 4.45. The van der Waals surface area contributed by atoms with Crippen LogP contribution in [0.5, 0.6) is 0 Å². The van der Waals surface area contributed by atoms with E-state index in [0.717, 1.165) is 33.2 Å². The molecule has 0 atom stereocenters. The third kappa shape index (κ3) is 4.70. The first-order valence-corrected chi connectivity index (χ1v) is 7.69. The molecule has 2 rings (SSSR count). The normalized spacial score (nSPS) is 11.3. The van der Waals surface area contributed by atoms with E-state index in [1.165, 1.54) is 0 Å². The number of anilines is 3. The second-order valence-electron chi connectivity index (χ2n) is 6.14. The van der Waals surface area contributed by atoms with Crippen LogP contribution in [-0.4, -0.2) is 15.5 Å². The Balaban J connectivity index is 2.27. The highest BCUT2D eigenvalue weighted by Gasteiger charge is 2.12.